The maximum Gasteiger partial charge on any atom is 0.269 e. The van der Waals surface area contributed by atoms with Gasteiger partial charge in [-0.15, -0.1) is 0 Å². The molecule has 0 N–H and O–H groups in total. The van der Waals surface area contributed by atoms with Crippen molar-refractivity contribution in [1.29, 1.82) is 0 Å². The van der Waals surface area contributed by atoms with E-state index in [1.807, 2.05) is 24.5 Å². The zero-order valence-corrected chi connectivity index (χ0v) is 12.5. The molecule has 0 radical (unpaired) electrons. The Morgan fingerprint density at radius 2 is 1.68 bits per heavy atom. The van der Waals surface area contributed by atoms with E-state index in [-0.39, 0.29) is 10.6 Å². The second kappa shape index (κ2) is 6.01. The topological polar surface area (TPSA) is 62.5 Å². The van der Waals surface area contributed by atoms with Crippen LogP contribution >= 0.6 is 0 Å². The van der Waals surface area contributed by atoms with Crippen LogP contribution in [0.15, 0.2) is 42.7 Å². The monoisotopic (exact) mass is 298 g/mol. The largest absolute Gasteiger partial charge is 0.368 e. The Bertz CT molecular complexity index is 664. The van der Waals surface area contributed by atoms with Gasteiger partial charge in [0.1, 0.15) is 0 Å². The fraction of sp³-hybridized carbons (Fsp3) is 0.312. The summed E-state index contributed by atoms with van der Waals surface area (Å²) in [5.74, 6) is 0. The number of non-ortho nitro benzene ring substituents is 1. The summed E-state index contributed by atoms with van der Waals surface area (Å²) in [7, 11) is 0. The molecule has 0 bridgehead atoms. The third-order valence-corrected chi connectivity index (χ3v) is 4.04. The highest BCUT2D eigenvalue weighted by atomic mass is 16.6. The molecule has 6 heteroatoms. The molecule has 114 valence electrons. The normalized spacial score (nSPS) is 15.0. The van der Waals surface area contributed by atoms with E-state index in [0.29, 0.717) is 0 Å². The van der Waals surface area contributed by atoms with Crippen LogP contribution in [0, 0.1) is 17.0 Å². The van der Waals surface area contributed by atoms with Crippen LogP contribution in [0.25, 0.3) is 0 Å². The number of rotatable bonds is 3. The van der Waals surface area contributed by atoms with Gasteiger partial charge in [-0.2, -0.15) is 0 Å². The Morgan fingerprint density at radius 1 is 1.05 bits per heavy atom. The number of nitro groups is 1. The van der Waals surface area contributed by atoms with Crippen LogP contribution in [0.5, 0.6) is 0 Å². The highest BCUT2D eigenvalue weighted by molar-refractivity contribution is 5.55. The first-order chi connectivity index (χ1) is 10.6. The lowest BCUT2D eigenvalue weighted by Crippen LogP contribution is -2.46. The van der Waals surface area contributed by atoms with Crippen LogP contribution < -0.4 is 9.80 Å². The molecule has 1 fully saturated rings. The average molecular weight is 298 g/mol. The number of aromatic nitrogens is 1. The van der Waals surface area contributed by atoms with Crippen molar-refractivity contribution in [3.63, 3.8) is 0 Å². The van der Waals surface area contributed by atoms with Crippen molar-refractivity contribution in [2.24, 2.45) is 0 Å². The van der Waals surface area contributed by atoms with Crippen molar-refractivity contribution in [2.75, 3.05) is 36.0 Å². The second-order valence-electron chi connectivity index (χ2n) is 5.41. The molecule has 1 aliphatic rings. The summed E-state index contributed by atoms with van der Waals surface area (Å²) < 4.78 is 0. The molecule has 0 unspecified atom stereocenters. The number of aryl methyl sites for hydroxylation is 1. The van der Waals surface area contributed by atoms with Crippen molar-refractivity contribution in [2.45, 2.75) is 6.92 Å². The molecule has 0 spiro atoms. The van der Waals surface area contributed by atoms with Crippen LogP contribution in [-0.4, -0.2) is 36.1 Å². The highest BCUT2D eigenvalue weighted by Crippen LogP contribution is 2.24. The quantitative estimate of drug-likeness (QED) is 0.644. The van der Waals surface area contributed by atoms with Gasteiger partial charge < -0.3 is 9.80 Å². The van der Waals surface area contributed by atoms with E-state index in [1.165, 1.54) is 11.3 Å². The molecule has 2 aromatic rings. The van der Waals surface area contributed by atoms with Crippen LogP contribution in [-0.2, 0) is 0 Å². The molecular formula is C16H18N4O2. The van der Waals surface area contributed by atoms with Crippen molar-refractivity contribution in [1.82, 2.24) is 4.98 Å². The van der Waals surface area contributed by atoms with Crippen molar-refractivity contribution < 1.29 is 4.92 Å². The van der Waals surface area contributed by atoms with Crippen LogP contribution in [0.3, 0.4) is 0 Å². The summed E-state index contributed by atoms with van der Waals surface area (Å²) in [4.78, 5) is 19.1. The minimum atomic E-state index is -0.367. The molecule has 1 aromatic carbocycles. The Kier molecular flexibility index (Phi) is 3.91. The van der Waals surface area contributed by atoms with Gasteiger partial charge in [-0.25, -0.2) is 0 Å². The highest BCUT2D eigenvalue weighted by Gasteiger charge is 2.19. The van der Waals surface area contributed by atoms with Crippen molar-refractivity contribution in [3.8, 4) is 0 Å². The first-order valence-corrected chi connectivity index (χ1v) is 7.30. The molecule has 0 atom stereocenters. The van der Waals surface area contributed by atoms with Gasteiger partial charge in [0.05, 0.1) is 4.92 Å². The minimum Gasteiger partial charge on any atom is -0.368 e. The van der Waals surface area contributed by atoms with Gasteiger partial charge in [-0.05, 0) is 30.7 Å². The number of nitrogens with zero attached hydrogens (tertiary/aromatic N) is 4. The Morgan fingerprint density at radius 3 is 2.27 bits per heavy atom. The van der Waals surface area contributed by atoms with Crippen LogP contribution in [0.4, 0.5) is 17.1 Å². The zero-order valence-electron chi connectivity index (χ0n) is 12.5. The van der Waals surface area contributed by atoms with E-state index in [1.54, 1.807) is 12.1 Å². The predicted molar refractivity (Wildman–Crippen MR) is 86.5 cm³/mol. The summed E-state index contributed by atoms with van der Waals surface area (Å²) in [5, 5.41) is 10.7. The van der Waals surface area contributed by atoms with Gasteiger partial charge in [0, 0.05) is 62.1 Å². The van der Waals surface area contributed by atoms with Gasteiger partial charge in [-0.1, -0.05) is 0 Å². The van der Waals surface area contributed by atoms with Gasteiger partial charge in [0.2, 0.25) is 0 Å². The summed E-state index contributed by atoms with van der Waals surface area (Å²) in [5.41, 5.74) is 3.59. The fourth-order valence-electron chi connectivity index (χ4n) is 2.81. The molecule has 3 rings (SSSR count). The van der Waals surface area contributed by atoms with E-state index >= 15 is 0 Å². The van der Waals surface area contributed by atoms with E-state index in [0.717, 1.165) is 31.9 Å². The number of hydrogen-bond acceptors (Lipinski definition) is 5. The molecule has 1 aromatic heterocycles. The summed E-state index contributed by atoms with van der Waals surface area (Å²) in [6.07, 6.45) is 3.71. The molecule has 22 heavy (non-hydrogen) atoms. The summed E-state index contributed by atoms with van der Waals surface area (Å²) in [6.45, 7) is 5.74. The molecular weight excluding hydrogens is 280 g/mol. The first-order valence-electron chi connectivity index (χ1n) is 7.30. The van der Waals surface area contributed by atoms with E-state index in [9.17, 15) is 10.1 Å². The lowest BCUT2D eigenvalue weighted by Gasteiger charge is -2.37. The molecule has 1 saturated heterocycles. The number of pyridine rings is 1. The minimum absolute atomic E-state index is 0.134. The van der Waals surface area contributed by atoms with Gasteiger partial charge in [-0.3, -0.25) is 15.1 Å². The van der Waals surface area contributed by atoms with E-state index in [2.05, 4.69) is 27.8 Å². The Balaban J connectivity index is 1.66. The van der Waals surface area contributed by atoms with Crippen LogP contribution in [0.1, 0.15) is 5.56 Å². The smallest absolute Gasteiger partial charge is 0.269 e. The number of hydrogen-bond donors (Lipinski definition) is 0. The van der Waals surface area contributed by atoms with Crippen molar-refractivity contribution in [3.05, 3.63) is 58.4 Å². The molecule has 0 amide bonds. The van der Waals surface area contributed by atoms with Crippen LogP contribution in [0.2, 0.25) is 0 Å². The second-order valence-corrected chi connectivity index (χ2v) is 5.41. The fourth-order valence-corrected chi connectivity index (χ4v) is 2.81. The molecule has 2 heterocycles. The third kappa shape index (κ3) is 2.86. The number of piperazine rings is 1. The Labute approximate surface area is 129 Å². The SMILES string of the molecule is Cc1cnccc1N1CCN(c2ccc([N+](=O)[O-])cc2)CC1. The summed E-state index contributed by atoms with van der Waals surface area (Å²) >= 11 is 0. The lowest BCUT2D eigenvalue weighted by atomic mass is 10.2. The lowest BCUT2D eigenvalue weighted by molar-refractivity contribution is -0.384. The average Bonchev–Trinajstić information content (AvgIpc) is 2.56. The number of nitro benzene ring substituents is 1. The van der Waals surface area contributed by atoms with Gasteiger partial charge >= 0.3 is 0 Å². The van der Waals surface area contributed by atoms with Gasteiger partial charge in [0.25, 0.3) is 5.69 Å². The van der Waals surface area contributed by atoms with E-state index in [4.69, 9.17) is 0 Å². The predicted octanol–water partition coefficient (Wildman–Crippen LogP) is 2.62. The molecule has 0 saturated carbocycles. The molecule has 0 aliphatic carbocycles. The third-order valence-electron chi connectivity index (χ3n) is 4.04. The standard InChI is InChI=1S/C16H18N4O2/c1-13-12-17-7-6-16(13)19-10-8-18(9-11-19)14-2-4-15(5-3-14)20(21)22/h2-7,12H,8-11H2,1H3. The number of anilines is 2. The maximum atomic E-state index is 10.7. The first kappa shape index (κ1) is 14.3. The Hall–Kier alpha value is -2.63. The molecule has 1 aliphatic heterocycles. The molecule has 6 nitrogen and oxygen atoms in total. The number of benzene rings is 1. The van der Waals surface area contributed by atoms with E-state index < -0.39 is 0 Å². The summed E-state index contributed by atoms with van der Waals surface area (Å²) in [6, 6.07) is 8.83. The maximum absolute atomic E-state index is 10.7. The van der Waals surface area contributed by atoms with Gasteiger partial charge in [0.15, 0.2) is 0 Å². The van der Waals surface area contributed by atoms with Crippen molar-refractivity contribution >= 4 is 17.1 Å². The zero-order chi connectivity index (χ0) is 15.5.